The molecule has 0 aliphatic rings. The fourth-order valence-electron chi connectivity index (χ4n) is 1.05. The Balaban J connectivity index is 2.86. The van der Waals surface area contributed by atoms with Gasteiger partial charge in [0.25, 0.3) is 5.92 Å². The molecule has 0 aliphatic carbocycles. The van der Waals surface area contributed by atoms with E-state index in [0.717, 1.165) is 6.07 Å². The van der Waals surface area contributed by atoms with Crippen molar-refractivity contribution in [2.24, 2.45) is 0 Å². The first kappa shape index (κ1) is 13.9. The van der Waals surface area contributed by atoms with E-state index in [1.165, 1.54) is 13.2 Å². The third-order valence-corrected chi connectivity index (χ3v) is 1.97. The van der Waals surface area contributed by atoms with Crippen LogP contribution in [-0.4, -0.2) is 35.7 Å². The van der Waals surface area contributed by atoms with Gasteiger partial charge < -0.3 is 14.6 Å². The summed E-state index contributed by atoms with van der Waals surface area (Å²) in [5.41, 5.74) is -0.180. The van der Waals surface area contributed by atoms with Crippen molar-refractivity contribution in [3.05, 3.63) is 30.4 Å². The second-order valence-corrected chi connectivity index (χ2v) is 3.27. The zero-order valence-electron chi connectivity index (χ0n) is 9.52. The minimum absolute atomic E-state index is 0.154. The van der Waals surface area contributed by atoms with Crippen molar-refractivity contribution in [3.63, 3.8) is 0 Å². The molecule has 1 rings (SSSR count). The molecule has 0 saturated heterocycles. The second-order valence-electron chi connectivity index (χ2n) is 3.27. The van der Waals surface area contributed by atoms with Gasteiger partial charge in [-0.05, 0) is 12.1 Å². The van der Waals surface area contributed by atoms with Crippen LogP contribution in [0.5, 0.6) is 11.8 Å². The molecule has 0 aromatic carbocycles. The number of halogens is 2. The lowest BCUT2D eigenvalue weighted by molar-refractivity contribution is 0.00373. The molecular weight excluding hydrogens is 248 g/mol. The molecule has 0 spiro atoms. The molecule has 5 nitrogen and oxygen atoms in total. The number of nitrogens with zero attached hydrogens (tertiary/aromatic N) is 1. The van der Waals surface area contributed by atoms with E-state index < -0.39 is 18.5 Å². The maximum absolute atomic E-state index is 12.8. The number of methoxy groups -OCH3 is 1. The van der Waals surface area contributed by atoms with E-state index in [9.17, 15) is 13.6 Å². The van der Waals surface area contributed by atoms with Crippen molar-refractivity contribution in [3.8, 4) is 11.8 Å². The Hall–Kier alpha value is -2.18. The number of aromatic nitrogens is 1. The van der Waals surface area contributed by atoms with Gasteiger partial charge in [0.2, 0.25) is 11.8 Å². The van der Waals surface area contributed by atoms with Crippen LogP contribution in [0.4, 0.5) is 8.78 Å². The van der Waals surface area contributed by atoms with E-state index >= 15 is 0 Å². The summed E-state index contributed by atoms with van der Waals surface area (Å²) in [4.78, 5) is 14.4. The summed E-state index contributed by atoms with van der Waals surface area (Å²) < 4.78 is 35.1. The number of carbonyl (C=O) groups is 1. The number of pyridine rings is 1. The highest BCUT2D eigenvalue weighted by Crippen LogP contribution is 2.22. The molecule has 18 heavy (non-hydrogen) atoms. The highest BCUT2D eigenvalue weighted by atomic mass is 19.3. The number of hydrogen-bond acceptors (Lipinski definition) is 4. The van der Waals surface area contributed by atoms with Crippen LogP contribution in [0.1, 0.15) is 10.4 Å². The molecule has 0 unspecified atom stereocenters. The van der Waals surface area contributed by atoms with Gasteiger partial charge >= 0.3 is 5.97 Å². The summed E-state index contributed by atoms with van der Waals surface area (Å²) in [6, 6.07) is 2.33. The van der Waals surface area contributed by atoms with Crippen LogP contribution in [0, 0.1) is 0 Å². The number of carboxylic acid groups (broad SMARTS) is 1. The van der Waals surface area contributed by atoms with Gasteiger partial charge in [-0.15, -0.1) is 0 Å². The zero-order valence-corrected chi connectivity index (χ0v) is 9.52. The predicted molar refractivity (Wildman–Crippen MR) is 58.4 cm³/mol. The molecule has 0 amide bonds. The topological polar surface area (TPSA) is 68.7 Å². The van der Waals surface area contributed by atoms with Crippen molar-refractivity contribution in [1.82, 2.24) is 4.98 Å². The van der Waals surface area contributed by atoms with E-state index in [2.05, 4.69) is 11.6 Å². The SMILES string of the molecule is C=CC(F)(F)COc1ccc(C(=O)O)c(OC)n1. The van der Waals surface area contributed by atoms with E-state index in [1.807, 2.05) is 0 Å². The van der Waals surface area contributed by atoms with Crippen molar-refractivity contribution in [1.29, 1.82) is 0 Å². The van der Waals surface area contributed by atoms with Gasteiger partial charge in [0.15, 0.2) is 6.61 Å². The fraction of sp³-hybridized carbons (Fsp3) is 0.273. The number of hydrogen-bond donors (Lipinski definition) is 1. The monoisotopic (exact) mass is 259 g/mol. The van der Waals surface area contributed by atoms with Crippen molar-refractivity contribution < 1.29 is 28.2 Å². The Kier molecular flexibility index (Phi) is 4.19. The highest BCUT2D eigenvalue weighted by Gasteiger charge is 2.25. The Morgan fingerprint density at radius 3 is 2.78 bits per heavy atom. The van der Waals surface area contributed by atoms with Crippen LogP contribution < -0.4 is 9.47 Å². The van der Waals surface area contributed by atoms with E-state index in [-0.39, 0.29) is 17.3 Å². The number of rotatable bonds is 6. The van der Waals surface area contributed by atoms with Crippen LogP contribution in [0.2, 0.25) is 0 Å². The third-order valence-electron chi connectivity index (χ3n) is 1.97. The smallest absolute Gasteiger partial charge is 0.341 e. The average molecular weight is 259 g/mol. The lowest BCUT2D eigenvalue weighted by atomic mass is 10.3. The Labute approximate surface area is 102 Å². The summed E-state index contributed by atoms with van der Waals surface area (Å²) in [7, 11) is 1.22. The van der Waals surface area contributed by atoms with Gasteiger partial charge in [0.05, 0.1) is 7.11 Å². The maximum Gasteiger partial charge on any atom is 0.341 e. The van der Waals surface area contributed by atoms with Gasteiger partial charge in [0.1, 0.15) is 5.56 Å². The first-order valence-corrected chi connectivity index (χ1v) is 4.82. The van der Waals surface area contributed by atoms with Crippen LogP contribution in [-0.2, 0) is 0 Å². The van der Waals surface area contributed by atoms with E-state index in [1.54, 1.807) is 0 Å². The molecule has 98 valence electrons. The standard InChI is InChI=1S/C11H11F2NO4/c1-3-11(12,13)6-18-8-5-4-7(10(15)16)9(14-8)17-2/h3-5H,1,6H2,2H3,(H,15,16). The van der Waals surface area contributed by atoms with Crippen molar-refractivity contribution in [2.45, 2.75) is 5.92 Å². The maximum atomic E-state index is 12.8. The number of aromatic carboxylic acids is 1. The van der Waals surface area contributed by atoms with E-state index in [4.69, 9.17) is 14.6 Å². The van der Waals surface area contributed by atoms with Crippen molar-refractivity contribution in [2.75, 3.05) is 13.7 Å². The van der Waals surface area contributed by atoms with Gasteiger partial charge in [-0.3, -0.25) is 0 Å². The molecule has 1 aromatic heterocycles. The molecule has 1 aromatic rings. The molecule has 0 radical (unpaired) electrons. The van der Waals surface area contributed by atoms with Gasteiger partial charge in [-0.1, -0.05) is 6.58 Å². The van der Waals surface area contributed by atoms with Crippen LogP contribution in [0.3, 0.4) is 0 Å². The predicted octanol–water partition coefficient (Wildman–Crippen LogP) is 1.99. The second kappa shape index (κ2) is 5.44. The summed E-state index contributed by atoms with van der Waals surface area (Å²) in [5.74, 6) is -4.77. The minimum atomic E-state index is -3.18. The Bertz CT molecular complexity index is 462. The fourth-order valence-corrected chi connectivity index (χ4v) is 1.05. The minimum Gasteiger partial charge on any atom is -0.480 e. The van der Waals surface area contributed by atoms with Crippen LogP contribution in [0.25, 0.3) is 0 Å². The third kappa shape index (κ3) is 3.41. The molecular formula is C11H11F2NO4. The summed E-state index contributed by atoms with van der Waals surface area (Å²) in [6.07, 6.45) is 0.454. The summed E-state index contributed by atoms with van der Waals surface area (Å²) >= 11 is 0. The summed E-state index contributed by atoms with van der Waals surface area (Å²) in [6.45, 7) is 2.03. The van der Waals surface area contributed by atoms with E-state index in [0.29, 0.717) is 6.08 Å². The summed E-state index contributed by atoms with van der Waals surface area (Å²) in [5, 5.41) is 8.79. The first-order chi connectivity index (χ1) is 8.39. The first-order valence-electron chi connectivity index (χ1n) is 4.82. The normalized spacial score (nSPS) is 10.8. The molecule has 7 heteroatoms. The van der Waals surface area contributed by atoms with Gasteiger partial charge in [-0.25, -0.2) is 4.79 Å². The quantitative estimate of drug-likeness (QED) is 0.791. The lowest BCUT2D eigenvalue weighted by Gasteiger charge is -2.13. The van der Waals surface area contributed by atoms with Crippen LogP contribution in [0.15, 0.2) is 24.8 Å². The molecule has 0 atom stereocenters. The largest absolute Gasteiger partial charge is 0.480 e. The molecule has 1 N–H and O–H groups in total. The Morgan fingerprint density at radius 1 is 1.61 bits per heavy atom. The lowest BCUT2D eigenvalue weighted by Crippen LogP contribution is -2.22. The number of carboxylic acids is 1. The number of ether oxygens (including phenoxy) is 2. The van der Waals surface area contributed by atoms with Crippen molar-refractivity contribution >= 4 is 5.97 Å². The van der Waals surface area contributed by atoms with Gasteiger partial charge in [-0.2, -0.15) is 13.8 Å². The number of alkyl halides is 2. The molecule has 0 bridgehead atoms. The molecule has 0 fully saturated rings. The Morgan fingerprint density at radius 2 is 2.28 bits per heavy atom. The highest BCUT2D eigenvalue weighted by molar-refractivity contribution is 5.90. The van der Waals surface area contributed by atoms with Gasteiger partial charge in [0, 0.05) is 6.07 Å². The molecule has 0 aliphatic heterocycles. The average Bonchev–Trinajstić information content (AvgIpc) is 2.36. The van der Waals surface area contributed by atoms with Crippen LogP contribution >= 0.6 is 0 Å². The molecule has 0 saturated carbocycles. The molecule has 1 heterocycles. The zero-order chi connectivity index (χ0) is 13.8.